The number of aromatic carboxylic acids is 1. The van der Waals surface area contributed by atoms with E-state index in [1.54, 1.807) is 29.8 Å². The molecule has 0 saturated carbocycles. The predicted molar refractivity (Wildman–Crippen MR) is 64.2 cm³/mol. The summed E-state index contributed by atoms with van der Waals surface area (Å²) in [6, 6.07) is 6.29. The summed E-state index contributed by atoms with van der Waals surface area (Å²) in [5, 5.41) is 29.4. The summed E-state index contributed by atoms with van der Waals surface area (Å²) < 4.78 is 1.55. The molecular weight excluding hydrogens is 270 g/mol. The van der Waals surface area contributed by atoms with E-state index in [2.05, 4.69) is 4.98 Å². The summed E-state index contributed by atoms with van der Waals surface area (Å²) in [4.78, 5) is 15.2. The standard InChI is InChI=1S/C11H11N3O4S/c1-13-6-12-9(14(17)18)10(13)19-8-5-3-2-4-7(8)11(15)16/h2-6,17-18H,1H3,(H,15,16)/p-1. The smallest absolute Gasteiger partial charge is 0.215 e. The monoisotopic (exact) mass is 280 g/mol. The Bertz CT molecular complexity index is 612. The third kappa shape index (κ3) is 2.70. The quantitative estimate of drug-likeness (QED) is 0.787. The second-order valence-corrected chi connectivity index (χ2v) is 4.69. The average Bonchev–Trinajstić information content (AvgIpc) is 2.72. The van der Waals surface area contributed by atoms with E-state index in [-0.39, 0.29) is 16.6 Å². The number of carbonyl (C=O) groups excluding carboxylic acids is 1. The van der Waals surface area contributed by atoms with Crippen molar-refractivity contribution in [1.29, 1.82) is 0 Å². The number of rotatable bonds is 4. The zero-order chi connectivity index (χ0) is 14.0. The van der Waals surface area contributed by atoms with Crippen LogP contribution in [-0.2, 0) is 7.05 Å². The average molecular weight is 280 g/mol. The molecular formula is C11H10N3O4S-. The maximum atomic E-state index is 11.0. The minimum absolute atomic E-state index is 0.0297. The Morgan fingerprint density at radius 1 is 1.42 bits per heavy atom. The molecule has 2 N–H and O–H groups in total. The molecule has 1 aromatic heterocycles. The minimum atomic E-state index is -1.29. The highest BCUT2D eigenvalue weighted by molar-refractivity contribution is 7.99. The summed E-state index contributed by atoms with van der Waals surface area (Å²) in [5.74, 6) is -1.38. The number of imidazole rings is 1. The molecule has 0 unspecified atom stereocenters. The van der Waals surface area contributed by atoms with E-state index < -0.39 is 5.97 Å². The normalized spacial score (nSPS) is 10.5. The summed E-state index contributed by atoms with van der Waals surface area (Å²) >= 11 is 1.05. The fourth-order valence-corrected chi connectivity index (χ4v) is 2.52. The lowest BCUT2D eigenvalue weighted by molar-refractivity contribution is -0.255. The SMILES string of the molecule is Cn1cnc(N(O)O)c1Sc1ccccc1C(=O)[O-]. The van der Waals surface area contributed by atoms with Gasteiger partial charge in [0.15, 0.2) is 0 Å². The molecule has 19 heavy (non-hydrogen) atoms. The number of carboxylic acid groups (broad SMARTS) is 1. The Morgan fingerprint density at radius 3 is 2.74 bits per heavy atom. The van der Waals surface area contributed by atoms with Crippen molar-refractivity contribution >= 4 is 23.5 Å². The first kappa shape index (κ1) is 13.4. The second-order valence-electron chi connectivity index (χ2n) is 3.66. The highest BCUT2D eigenvalue weighted by Gasteiger charge is 2.16. The molecule has 1 aromatic carbocycles. The van der Waals surface area contributed by atoms with Crippen molar-refractivity contribution in [3.8, 4) is 0 Å². The molecule has 0 aliphatic carbocycles. The molecule has 8 heteroatoms. The zero-order valence-electron chi connectivity index (χ0n) is 9.85. The van der Waals surface area contributed by atoms with E-state index in [1.165, 1.54) is 12.4 Å². The molecule has 0 saturated heterocycles. The number of benzene rings is 1. The molecule has 0 bridgehead atoms. The molecule has 0 radical (unpaired) electrons. The van der Waals surface area contributed by atoms with E-state index in [9.17, 15) is 9.90 Å². The van der Waals surface area contributed by atoms with Crippen LogP contribution in [0.25, 0.3) is 0 Å². The van der Waals surface area contributed by atoms with E-state index in [4.69, 9.17) is 10.4 Å². The third-order valence-corrected chi connectivity index (χ3v) is 3.61. The van der Waals surface area contributed by atoms with E-state index in [1.807, 2.05) is 0 Å². The van der Waals surface area contributed by atoms with Gasteiger partial charge in [-0.1, -0.05) is 30.0 Å². The van der Waals surface area contributed by atoms with Crippen molar-refractivity contribution in [2.75, 3.05) is 5.23 Å². The van der Waals surface area contributed by atoms with Gasteiger partial charge in [-0.2, -0.15) is 0 Å². The van der Waals surface area contributed by atoms with Gasteiger partial charge in [0.05, 0.1) is 12.3 Å². The Hall–Kier alpha value is -2.03. The minimum Gasteiger partial charge on any atom is -0.545 e. The van der Waals surface area contributed by atoms with Crippen LogP contribution in [0.15, 0.2) is 40.5 Å². The van der Waals surface area contributed by atoms with Crippen LogP contribution in [0.4, 0.5) is 5.82 Å². The van der Waals surface area contributed by atoms with Gasteiger partial charge in [0.25, 0.3) is 0 Å². The number of anilines is 1. The molecule has 2 aromatic rings. The van der Waals surface area contributed by atoms with E-state index >= 15 is 0 Å². The Balaban J connectivity index is 2.42. The first-order valence-corrected chi connectivity index (χ1v) is 5.99. The van der Waals surface area contributed by atoms with Gasteiger partial charge in [0, 0.05) is 17.5 Å². The van der Waals surface area contributed by atoms with Crippen LogP contribution in [0.3, 0.4) is 0 Å². The van der Waals surface area contributed by atoms with Gasteiger partial charge in [-0.15, -0.1) is 5.23 Å². The van der Waals surface area contributed by atoms with Gasteiger partial charge in [-0.25, -0.2) is 4.98 Å². The fraction of sp³-hybridized carbons (Fsp3) is 0.0909. The molecule has 0 spiro atoms. The summed E-state index contributed by atoms with van der Waals surface area (Å²) in [7, 11) is 1.66. The molecule has 7 nitrogen and oxygen atoms in total. The first-order valence-electron chi connectivity index (χ1n) is 5.18. The maximum Gasteiger partial charge on any atom is 0.215 e. The zero-order valence-corrected chi connectivity index (χ0v) is 10.7. The van der Waals surface area contributed by atoms with Gasteiger partial charge >= 0.3 is 0 Å². The lowest BCUT2D eigenvalue weighted by atomic mass is 10.2. The number of hydrogen-bond donors (Lipinski definition) is 2. The number of carbonyl (C=O) groups is 1. The topological polar surface area (TPSA) is 102 Å². The van der Waals surface area contributed by atoms with Gasteiger partial charge < -0.3 is 14.5 Å². The number of aromatic nitrogens is 2. The van der Waals surface area contributed by atoms with Crippen molar-refractivity contribution in [2.24, 2.45) is 7.05 Å². The number of carboxylic acids is 1. The number of hydrogen-bond acceptors (Lipinski definition) is 7. The van der Waals surface area contributed by atoms with E-state index in [0.717, 1.165) is 11.8 Å². The van der Waals surface area contributed by atoms with E-state index in [0.29, 0.717) is 9.92 Å². The summed E-state index contributed by atoms with van der Waals surface area (Å²) in [6.45, 7) is 0. The Labute approximate surface area is 112 Å². The van der Waals surface area contributed by atoms with Crippen molar-refractivity contribution in [2.45, 2.75) is 9.92 Å². The largest absolute Gasteiger partial charge is 0.545 e. The van der Waals surface area contributed by atoms with Crippen molar-refractivity contribution < 1.29 is 20.3 Å². The van der Waals surface area contributed by atoms with Crippen molar-refractivity contribution in [3.63, 3.8) is 0 Å². The first-order chi connectivity index (χ1) is 9.00. The molecule has 0 fully saturated rings. The molecule has 1 heterocycles. The maximum absolute atomic E-state index is 11.0. The summed E-state index contributed by atoms with van der Waals surface area (Å²) in [5.41, 5.74) is 0.0297. The van der Waals surface area contributed by atoms with Crippen LogP contribution in [0.1, 0.15) is 10.4 Å². The molecule has 0 aliphatic heterocycles. The Kier molecular flexibility index (Phi) is 3.74. The number of aryl methyl sites for hydroxylation is 1. The molecule has 0 aliphatic rings. The predicted octanol–water partition coefficient (Wildman–Crippen LogP) is 0.520. The molecule has 2 rings (SSSR count). The Morgan fingerprint density at radius 2 is 2.11 bits per heavy atom. The van der Waals surface area contributed by atoms with Crippen LogP contribution >= 0.6 is 11.8 Å². The molecule has 100 valence electrons. The van der Waals surface area contributed by atoms with Crippen molar-refractivity contribution in [1.82, 2.24) is 9.55 Å². The highest BCUT2D eigenvalue weighted by Crippen LogP contribution is 2.35. The second kappa shape index (κ2) is 5.31. The highest BCUT2D eigenvalue weighted by atomic mass is 32.2. The fourth-order valence-electron chi connectivity index (χ4n) is 1.49. The van der Waals surface area contributed by atoms with Gasteiger partial charge in [-0.3, -0.25) is 10.4 Å². The van der Waals surface area contributed by atoms with Crippen LogP contribution < -0.4 is 10.3 Å². The van der Waals surface area contributed by atoms with Gasteiger partial charge in [0.1, 0.15) is 5.03 Å². The summed E-state index contributed by atoms with van der Waals surface area (Å²) in [6.07, 6.45) is 1.39. The lowest BCUT2D eigenvalue weighted by Gasteiger charge is -2.12. The molecule has 0 amide bonds. The van der Waals surface area contributed by atoms with Gasteiger partial charge in [-0.05, 0) is 6.07 Å². The van der Waals surface area contributed by atoms with Gasteiger partial charge in [0.2, 0.25) is 5.82 Å². The van der Waals surface area contributed by atoms with Crippen LogP contribution in [0, 0.1) is 0 Å². The van der Waals surface area contributed by atoms with Crippen LogP contribution in [0.5, 0.6) is 0 Å². The molecule has 0 atom stereocenters. The van der Waals surface area contributed by atoms with Crippen LogP contribution in [0.2, 0.25) is 0 Å². The third-order valence-electron chi connectivity index (χ3n) is 2.37. The van der Waals surface area contributed by atoms with Crippen LogP contribution in [-0.4, -0.2) is 25.9 Å². The lowest BCUT2D eigenvalue weighted by Crippen LogP contribution is -2.22. The number of nitrogens with zero attached hydrogens (tertiary/aromatic N) is 3. The van der Waals surface area contributed by atoms with Crippen molar-refractivity contribution in [3.05, 3.63) is 36.2 Å².